The van der Waals surface area contributed by atoms with Gasteiger partial charge in [0.15, 0.2) is 0 Å². The van der Waals surface area contributed by atoms with E-state index < -0.39 is 10.8 Å². The molecule has 0 fully saturated rings. The number of halogens is 1. The van der Waals surface area contributed by atoms with Gasteiger partial charge >= 0.3 is 5.97 Å². The Labute approximate surface area is 90.8 Å². The molecule has 0 aliphatic heterocycles. The molecule has 1 atom stereocenters. The van der Waals surface area contributed by atoms with Crippen molar-refractivity contribution in [3.05, 3.63) is 29.8 Å². The second-order valence-corrected chi connectivity index (χ2v) is 3.93. The largest absolute Gasteiger partial charge is 0.496 e. The fourth-order valence-corrected chi connectivity index (χ4v) is 1.50. The molecule has 76 valence electrons. The van der Waals surface area contributed by atoms with Crippen molar-refractivity contribution in [3.8, 4) is 5.75 Å². The van der Waals surface area contributed by atoms with Crippen molar-refractivity contribution in [3.63, 3.8) is 0 Å². The van der Waals surface area contributed by atoms with Crippen LogP contribution in [0, 0.1) is 0 Å². The molecule has 0 unspecified atom stereocenters. The normalized spacial score (nSPS) is 12.1. The Bertz CT molecular complexity index is 325. The smallest absolute Gasteiger partial charge is 0.317 e. The lowest BCUT2D eigenvalue weighted by molar-refractivity contribution is -0.136. The van der Waals surface area contributed by atoms with Gasteiger partial charge in [0.1, 0.15) is 10.6 Å². The zero-order valence-electron chi connectivity index (χ0n) is 7.74. The Morgan fingerprint density at radius 1 is 1.57 bits per heavy atom. The first-order chi connectivity index (χ1) is 6.65. The highest BCUT2D eigenvalue weighted by atomic mass is 79.9. The quantitative estimate of drug-likeness (QED) is 0.842. The fraction of sp³-hybridized carbons (Fsp3) is 0.300. The molecular formula is C10H11BrO3. The molecule has 0 aliphatic carbocycles. The molecule has 0 bridgehead atoms. The molecule has 0 heterocycles. The highest BCUT2D eigenvalue weighted by Gasteiger charge is 2.15. The number of benzene rings is 1. The van der Waals surface area contributed by atoms with Crippen molar-refractivity contribution in [2.45, 2.75) is 11.2 Å². The van der Waals surface area contributed by atoms with Crippen LogP contribution >= 0.6 is 15.9 Å². The number of carboxylic acid groups (broad SMARTS) is 1. The summed E-state index contributed by atoms with van der Waals surface area (Å²) in [6.45, 7) is 0. The van der Waals surface area contributed by atoms with E-state index in [4.69, 9.17) is 9.84 Å². The summed E-state index contributed by atoms with van der Waals surface area (Å²) in [7, 11) is 1.57. The van der Waals surface area contributed by atoms with Crippen LogP contribution in [0.25, 0.3) is 0 Å². The van der Waals surface area contributed by atoms with Crippen LogP contribution in [0.4, 0.5) is 0 Å². The van der Waals surface area contributed by atoms with Crippen LogP contribution in [-0.4, -0.2) is 23.0 Å². The van der Waals surface area contributed by atoms with Crippen LogP contribution in [0.15, 0.2) is 24.3 Å². The zero-order valence-corrected chi connectivity index (χ0v) is 9.32. The molecule has 0 amide bonds. The molecule has 1 aromatic carbocycles. The molecule has 1 rings (SSSR count). The second kappa shape index (κ2) is 5.00. The van der Waals surface area contributed by atoms with Crippen LogP contribution in [0.1, 0.15) is 5.56 Å². The van der Waals surface area contributed by atoms with Crippen LogP contribution < -0.4 is 4.74 Å². The fourth-order valence-electron chi connectivity index (χ4n) is 1.15. The number of alkyl halides is 1. The average Bonchev–Trinajstić information content (AvgIpc) is 2.18. The van der Waals surface area contributed by atoms with E-state index in [1.54, 1.807) is 7.11 Å². The summed E-state index contributed by atoms with van der Waals surface area (Å²) < 4.78 is 5.11. The number of aliphatic carboxylic acids is 1. The van der Waals surface area contributed by atoms with Crippen LogP contribution in [0.5, 0.6) is 5.75 Å². The number of rotatable bonds is 4. The second-order valence-electron chi connectivity index (χ2n) is 2.82. The van der Waals surface area contributed by atoms with Crippen LogP contribution in [0.2, 0.25) is 0 Å². The molecule has 0 aliphatic rings. The van der Waals surface area contributed by atoms with Gasteiger partial charge in [-0.1, -0.05) is 34.1 Å². The van der Waals surface area contributed by atoms with Gasteiger partial charge in [-0.15, -0.1) is 0 Å². The van der Waals surface area contributed by atoms with Gasteiger partial charge in [0.05, 0.1) is 7.11 Å². The van der Waals surface area contributed by atoms with Gasteiger partial charge in [-0.2, -0.15) is 0 Å². The predicted octanol–water partition coefficient (Wildman–Crippen LogP) is 2.09. The minimum atomic E-state index is -0.865. The zero-order chi connectivity index (χ0) is 10.6. The van der Waals surface area contributed by atoms with Gasteiger partial charge in [-0.3, -0.25) is 4.79 Å². The summed E-state index contributed by atoms with van der Waals surface area (Å²) in [5.41, 5.74) is 0.888. The van der Waals surface area contributed by atoms with Gasteiger partial charge in [0, 0.05) is 0 Å². The summed E-state index contributed by atoms with van der Waals surface area (Å²) in [5.74, 6) is -0.144. The predicted molar refractivity (Wildman–Crippen MR) is 57.0 cm³/mol. The van der Waals surface area contributed by atoms with E-state index in [2.05, 4.69) is 15.9 Å². The van der Waals surface area contributed by atoms with Crippen molar-refractivity contribution in [2.24, 2.45) is 0 Å². The Hall–Kier alpha value is -1.03. The van der Waals surface area contributed by atoms with Crippen LogP contribution in [0.3, 0.4) is 0 Å². The molecule has 14 heavy (non-hydrogen) atoms. The Kier molecular flexibility index (Phi) is 3.95. The molecule has 1 aromatic rings. The van der Waals surface area contributed by atoms with Crippen molar-refractivity contribution < 1.29 is 14.6 Å². The number of hydrogen-bond donors (Lipinski definition) is 1. The third kappa shape index (κ3) is 2.73. The number of carbonyl (C=O) groups is 1. The number of ether oxygens (including phenoxy) is 1. The Morgan fingerprint density at radius 3 is 2.79 bits per heavy atom. The first kappa shape index (κ1) is 11.0. The van der Waals surface area contributed by atoms with Gasteiger partial charge in [0.25, 0.3) is 0 Å². The lowest BCUT2D eigenvalue weighted by Gasteiger charge is -2.09. The standard InChI is InChI=1S/C10H11BrO3/c1-14-9-5-3-2-4-7(9)6-8(11)10(12)13/h2-5,8H,6H2,1H3,(H,12,13)/t8-/m0/s1. The maximum atomic E-state index is 10.6. The molecule has 0 saturated heterocycles. The maximum absolute atomic E-state index is 10.6. The minimum absolute atomic E-state index is 0.416. The third-order valence-corrected chi connectivity index (χ3v) is 2.58. The van der Waals surface area contributed by atoms with E-state index in [-0.39, 0.29) is 0 Å². The van der Waals surface area contributed by atoms with Gasteiger partial charge in [0.2, 0.25) is 0 Å². The molecule has 0 aromatic heterocycles. The summed E-state index contributed by atoms with van der Waals surface area (Å²) >= 11 is 3.09. The Balaban J connectivity index is 2.80. The van der Waals surface area contributed by atoms with E-state index >= 15 is 0 Å². The van der Waals surface area contributed by atoms with Crippen molar-refractivity contribution in [2.75, 3.05) is 7.11 Å². The number of carboxylic acids is 1. The minimum Gasteiger partial charge on any atom is -0.496 e. The molecular weight excluding hydrogens is 248 g/mol. The lowest BCUT2D eigenvalue weighted by atomic mass is 10.1. The molecule has 4 heteroatoms. The molecule has 0 radical (unpaired) electrons. The summed E-state index contributed by atoms with van der Waals surface area (Å²) in [4.78, 5) is 10.0. The summed E-state index contributed by atoms with van der Waals surface area (Å²) in [5, 5.41) is 8.72. The Morgan fingerprint density at radius 2 is 2.21 bits per heavy atom. The third-order valence-electron chi connectivity index (χ3n) is 1.86. The van der Waals surface area contributed by atoms with Crippen molar-refractivity contribution in [1.29, 1.82) is 0 Å². The number of methoxy groups -OCH3 is 1. The average molecular weight is 259 g/mol. The lowest BCUT2D eigenvalue weighted by Crippen LogP contribution is -2.15. The van der Waals surface area contributed by atoms with E-state index in [1.165, 1.54) is 0 Å². The van der Waals surface area contributed by atoms with E-state index in [1.807, 2.05) is 24.3 Å². The van der Waals surface area contributed by atoms with Crippen molar-refractivity contribution in [1.82, 2.24) is 0 Å². The highest BCUT2D eigenvalue weighted by Crippen LogP contribution is 2.21. The topological polar surface area (TPSA) is 46.5 Å². The van der Waals surface area contributed by atoms with Gasteiger partial charge in [-0.25, -0.2) is 0 Å². The summed E-state index contributed by atoms with van der Waals surface area (Å²) in [6.07, 6.45) is 0.416. The van der Waals surface area contributed by atoms with Gasteiger partial charge < -0.3 is 9.84 Å². The van der Waals surface area contributed by atoms with E-state index in [0.717, 1.165) is 11.3 Å². The monoisotopic (exact) mass is 258 g/mol. The molecule has 0 spiro atoms. The highest BCUT2D eigenvalue weighted by molar-refractivity contribution is 9.10. The van der Waals surface area contributed by atoms with Crippen molar-refractivity contribution >= 4 is 21.9 Å². The van der Waals surface area contributed by atoms with E-state index in [9.17, 15) is 4.79 Å². The van der Waals surface area contributed by atoms with E-state index in [0.29, 0.717) is 6.42 Å². The first-order valence-corrected chi connectivity index (χ1v) is 5.05. The molecule has 1 N–H and O–H groups in total. The summed E-state index contributed by atoms with van der Waals surface area (Å²) in [6, 6.07) is 7.39. The first-order valence-electron chi connectivity index (χ1n) is 4.14. The van der Waals surface area contributed by atoms with Gasteiger partial charge in [-0.05, 0) is 18.1 Å². The number of para-hydroxylation sites is 1. The SMILES string of the molecule is COc1ccccc1C[C@H](Br)C(=O)O. The molecule has 0 saturated carbocycles. The van der Waals surface area contributed by atoms with Crippen LogP contribution in [-0.2, 0) is 11.2 Å². The number of hydrogen-bond acceptors (Lipinski definition) is 2. The molecule has 3 nitrogen and oxygen atoms in total. The maximum Gasteiger partial charge on any atom is 0.317 e.